The average Bonchev–Trinajstić information content (AvgIpc) is 3.40. The summed E-state index contributed by atoms with van der Waals surface area (Å²) in [5.74, 6) is 0.268. The van der Waals surface area contributed by atoms with E-state index in [9.17, 15) is 9.90 Å². The highest BCUT2D eigenvalue weighted by molar-refractivity contribution is 5.76. The van der Waals surface area contributed by atoms with Gasteiger partial charge in [0.25, 0.3) is 0 Å². The van der Waals surface area contributed by atoms with Crippen molar-refractivity contribution in [2.75, 3.05) is 49.3 Å². The Kier molecular flexibility index (Phi) is 9.80. The lowest BCUT2D eigenvalue weighted by atomic mass is 9.80. The molecule has 220 valence electrons. The molecule has 41 heavy (non-hydrogen) atoms. The molecule has 0 spiro atoms. The number of aliphatic hydroxyl groups is 1. The number of hydrogen-bond donors (Lipinski definition) is 1. The second kappa shape index (κ2) is 13.5. The average molecular weight is 569 g/mol. The first-order valence-corrected chi connectivity index (χ1v) is 13.0. The number of carbonyl (C=O) groups is 1. The first kappa shape index (κ1) is 29.8. The Hall–Kier alpha value is -4.15. The summed E-state index contributed by atoms with van der Waals surface area (Å²) in [5, 5.41) is 11.7. The van der Waals surface area contributed by atoms with E-state index in [1.165, 1.54) is 42.7 Å². The number of carbonyl (C=O) groups excluding carboxylic acids is 1. The number of methoxy groups -OCH3 is 6. The van der Waals surface area contributed by atoms with Gasteiger partial charge in [0.2, 0.25) is 11.5 Å². The fourth-order valence-electron chi connectivity index (χ4n) is 5.16. The molecule has 4 rings (SSSR count). The van der Waals surface area contributed by atoms with Gasteiger partial charge in [0.15, 0.2) is 23.0 Å². The summed E-state index contributed by atoms with van der Waals surface area (Å²) in [6.45, 7) is 0.279. The third-order valence-corrected chi connectivity index (χ3v) is 7.20. The number of hydrogen-bond acceptors (Lipinski definition) is 10. The molecular weight excluding hydrogens is 532 g/mol. The molecule has 1 N–H and O–H groups in total. The molecule has 10 heteroatoms. The standard InChI is InChI=1S/C31H36O10/c1-34-22-12-19(13-23(35-2)29(22)38-5)27(32)26-21(17-41-31(26)33)28(40-16-18-10-8-7-9-11-18)20-14-24(36-3)30(39-6)25(15-20)37-4/h7-15,21,26-28,32H,16-17H2,1-6H3/t21-,26-,27?,28+/m1/s1. The SMILES string of the molecule is COc1cc(C(O)[C@@H]2C(=O)OC[C@H]2[C@@H](OCc2ccccc2)c2cc(OC)c(OC)c(OC)c2)cc(OC)c1OC. The quantitative estimate of drug-likeness (QED) is 0.296. The molecule has 0 saturated carbocycles. The van der Waals surface area contributed by atoms with Crippen LogP contribution in [-0.4, -0.2) is 60.3 Å². The molecule has 1 aliphatic heterocycles. The van der Waals surface area contributed by atoms with Crippen LogP contribution in [0.3, 0.4) is 0 Å². The van der Waals surface area contributed by atoms with Gasteiger partial charge >= 0.3 is 5.97 Å². The first-order valence-electron chi connectivity index (χ1n) is 13.0. The summed E-state index contributed by atoms with van der Waals surface area (Å²) in [6, 6.07) is 16.5. The van der Waals surface area contributed by atoms with Gasteiger partial charge in [0.1, 0.15) is 0 Å². The van der Waals surface area contributed by atoms with Gasteiger partial charge in [-0.2, -0.15) is 0 Å². The summed E-state index contributed by atoms with van der Waals surface area (Å²) in [4.78, 5) is 13.2. The van der Waals surface area contributed by atoms with E-state index >= 15 is 0 Å². The molecule has 0 aromatic heterocycles. The molecule has 4 atom stereocenters. The van der Waals surface area contributed by atoms with Crippen LogP contribution in [-0.2, 0) is 20.9 Å². The van der Waals surface area contributed by atoms with Crippen molar-refractivity contribution in [3.63, 3.8) is 0 Å². The van der Waals surface area contributed by atoms with Crippen LogP contribution in [0.5, 0.6) is 34.5 Å². The topological polar surface area (TPSA) is 111 Å². The van der Waals surface area contributed by atoms with Crippen molar-refractivity contribution < 1.29 is 47.8 Å². The maximum Gasteiger partial charge on any atom is 0.312 e. The highest BCUT2D eigenvalue weighted by Gasteiger charge is 2.48. The number of aliphatic hydroxyl groups excluding tert-OH is 1. The van der Waals surface area contributed by atoms with E-state index in [2.05, 4.69) is 0 Å². The first-order chi connectivity index (χ1) is 19.9. The zero-order chi connectivity index (χ0) is 29.5. The highest BCUT2D eigenvalue weighted by Crippen LogP contribution is 2.48. The number of rotatable bonds is 13. The van der Waals surface area contributed by atoms with Crippen LogP contribution in [0.1, 0.15) is 28.9 Å². The highest BCUT2D eigenvalue weighted by atomic mass is 16.6. The molecule has 1 unspecified atom stereocenters. The number of esters is 1. The second-order valence-electron chi connectivity index (χ2n) is 9.40. The Morgan fingerprint density at radius 2 is 1.24 bits per heavy atom. The Bertz CT molecular complexity index is 1280. The molecule has 0 amide bonds. The van der Waals surface area contributed by atoms with E-state index in [0.717, 1.165) is 5.56 Å². The molecule has 10 nitrogen and oxygen atoms in total. The van der Waals surface area contributed by atoms with Gasteiger partial charge in [-0.1, -0.05) is 30.3 Å². The van der Waals surface area contributed by atoms with Crippen molar-refractivity contribution in [3.05, 3.63) is 71.3 Å². The summed E-state index contributed by atoms with van der Waals surface area (Å²) in [6.07, 6.45) is -1.97. The molecule has 1 fully saturated rings. The van der Waals surface area contributed by atoms with E-state index in [4.69, 9.17) is 37.9 Å². The van der Waals surface area contributed by atoms with Crippen LogP contribution < -0.4 is 28.4 Å². The lowest BCUT2D eigenvalue weighted by Crippen LogP contribution is -2.30. The minimum Gasteiger partial charge on any atom is -0.493 e. The van der Waals surface area contributed by atoms with Gasteiger partial charge in [-0.3, -0.25) is 4.79 Å². The fraction of sp³-hybridized carbons (Fsp3) is 0.387. The predicted octanol–water partition coefficient (Wildman–Crippen LogP) is 4.52. The molecule has 3 aromatic carbocycles. The van der Waals surface area contributed by atoms with Crippen LogP contribution in [0, 0.1) is 11.8 Å². The smallest absolute Gasteiger partial charge is 0.312 e. The fourth-order valence-corrected chi connectivity index (χ4v) is 5.16. The summed E-state index contributed by atoms with van der Waals surface area (Å²) in [7, 11) is 9.04. The molecule has 3 aromatic rings. The maximum absolute atomic E-state index is 13.2. The van der Waals surface area contributed by atoms with Gasteiger partial charge in [0, 0.05) is 5.92 Å². The van der Waals surface area contributed by atoms with Crippen LogP contribution >= 0.6 is 0 Å². The van der Waals surface area contributed by atoms with Crippen LogP contribution in [0.2, 0.25) is 0 Å². The maximum atomic E-state index is 13.2. The Balaban J connectivity index is 1.78. The molecule has 0 aliphatic carbocycles. The summed E-state index contributed by atoms with van der Waals surface area (Å²) >= 11 is 0. The Morgan fingerprint density at radius 1 is 0.756 bits per heavy atom. The van der Waals surface area contributed by atoms with Crippen molar-refractivity contribution >= 4 is 5.97 Å². The Morgan fingerprint density at radius 3 is 1.71 bits per heavy atom. The van der Waals surface area contributed by atoms with Gasteiger partial charge in [-0.15, -0.1) is 0 Å². The van der Waals surface area contributed by atoms with E-state index in [1.807, 2.05) is 30.3 Å². The monoisotopic (exact) mass is 568 g/mol. The van der Waals surface area contributed by atoms with Crippen molar-refractivity contribution in [1.82, 2.24) is 0 Å². The van der Waals surface area contributed by atoms with Crippen molar-refractivity contribution in [2.24, 2.45) is 11.8 Å². The lowest BCUT2D eigenvalue weighted by Gasteiger charge is -2.30. The minimum absolute atomic E-state index is 0.0289. The number of ether oxygens (including phenoxy) is 8. The molecule has 0 radical (unpaired) electrons. The normalized spacial score (nSPS) is 17.8. The molecule has 0 bridgehead atoms. The number of cyclic esters (lactones) is 1. The summed E-state index contributed by atoms with van der Waals surface area (Å²) < 4.78 is 45.1. The molecule has 1 heterocycles. The minimum atomic E-state index is -1.27. The molecular formula is C31H36O10. The van der Waals surface area contributed by atoms with Gasteiger partial charge < -0.3 is 43.0 Å². The van der Waals surface area contributed by atoms with E-state index < -0.39 is 30.0 Å². The largest absolute Gasteiger partial charge is 0.493 e. The molecule has 1 aliphatic rings. The Labute approximate surface area is 239 Å². The predicted molar refractivity (Wildman–Crippen MR) is 149 cm³/mol. The van der Waals surface area contributed by atoms with Crippen molar-refractivity contribution in [3.8, 4) is 34.5 Å². The zero-order valence-electron chi connectivity index (χ0n) is 24.0. The molecule has 1 saturated heterocycles. The third-order valence-electron chi connectivity index (χ3n) is 7.20. The van der Waals surface area contributed by atoms with Crippen molar-refractivity contribution in [2.45, 2.75) is 18.8 Å². The van der Waals surface area contributed by atoms with Crippen LogP contribution in [0.4, 0.5) is 0 Å². The van der Waals surface area contributed by atoms with E-state index in [1.54, 1.807) is 24.3 Å². The second-order valence-corrected chi connectivity index (χ2v) is 9.40. The lowest BCUT2D eigenvalue weighted by molar-refractivity contribution is -0.144. The zero-order valence-corrected chi connectivity index (χ0v) is 24.0. The number of benzene rings is 3. The van der Waals surface area contributed by atoms with E-state index in [0.29, 0.717) is 45.6 Å². The summed E-state index contributed by atoms with van der Waals surface area (Å²) in [5.41, 5.74) is 2.01. The van der Waals surface area contributed by atoms with Crippen LogP contribution in [0.15, 0.2) is 54.6 Å². The van der Waals surface area contributed by atoms with Crippen LogP contribution in [0.25, 0.3) is 0 Å². The third kappa shape index (κ3) is 6.13. The van der Waals surface area contributed by atoms with Gasteiger partial charge in [0.05, 0.1) is 74.0 Å². The van der Waals surface area contributed by atoms with Crippen molar-refractivity contribution in [1.29, 1.82) is 0 Å². The van der Waals surface area contributed by atoms with E-state index in [-0.39, 0.29) is 13.2 Å². The van der Waals surface area contributed by atoms with Gasteiger partial charge in [-0.25, -0.2) is 0 Å². The van der Waals surface area contributed by atoms with Gasteiger partial charge in [-0.05, 0) is 41.0 Å².